The van der Waals surface area contributed by atoms with Gasteiger partial charge in [-0.2, -0.15) is 0 Å². The number of carbonyl (C=O) groups excluding carboxylic acids is 1. The van der Waals surface area contributed by atoms with Crippen LogP contribution in [0.15, 0.2) is 53.4 Å². The highest BCUT2D eigenvalue weighted by Crippen LogP contribution is 2.21. The van der Waals surface area contributed by atoms with Crippen LogP contribution < -0.4 is 14.8 Å². The minimum atomic E-state index is -3.56. The van der Waals surface area contributed by atoms with Crippen molar-refractivity contribution in [3.05, 3.63) is 54.1 Å². The Balaban J connectivity index is 2.01. The van der Waals surface area contributed by atoms with Crippen LogP contribution in [0.3, 0.4) is 0 Å². The number of sulfonamides is 1. The second-order valence-corrected chi connectivity index (χ2v) is 8.99. The smallest absolute Gasteiger partial charge is 0.265 e. The zero-order valence-electron chi connectivity index (χ0n) is 16.9. The maximum absolute atomic E-state index is 12.4. The van der Waals surface area contributed by atoms with E-state index >= 15 is 0 Å². The fraction of sp³-hybridized carbons (Fsp3) is 0.381. The van der Waals surface area contributed by atoms with Crippen LogP contribution in [0.4, 0.5) is 5.69 Å². The molecule has 152 valence electrons. The van der Waals surface area contributed by atoms with Crippen LogP contribution in [-0.2, 0) is 14.8 Å². The van der Waals surface area contributed by atoms with Crippen LogP contribution in [0.25, 0.3) is 0 Å². The highest BCUT2D eigenvalue weighted by atomic mass is 32.2. The lowest BCUT2D eigenvalue weighted by molar-refractivity contribution is -0.122. The molecule has 0 aliphatic heterocycles. The monoisotopic (exact) mass is 404 g/mol. The summed E-state index contributed by atoms with van der Waals surface area (Å²) in [7, 11) is -3.56. The van der Waals surface area contributed by atoms with Crippen LogP contribution >= 0.6 is 0 Å². The minimum Gasteiger partial charge on any atom is -0.481 e. The number of amides is 1. The van der Waals surface area contributed by atoms with Gasteiger partial charge < -0.3 is 10.1 Å². The van der Waals surface area contributed by atoms with Crippen LogP contribution in [0.2, 0.25) is 0 Å². The summed E-state index contributed by atoms with van der Waals surface area (Å²) in [6.45, 7) is 9.36. The Kier molecular flexibility index (Phi) is 7.21. The molecule has 0 saturated carbocycles. The number of ether oxygens (including phenoxy) is 1. The van der Waals surface area contributed by atoms with Crippen molar-refractivity contribution in [2.24, 2.45) is 0 Å². The Morgan fingerprint density at radius 1 is 0.964 bits per heavy atom. The van der Waals surface area contributed by atoms with Crippen molar-refractivity contribution in [2.45, 2.75) is 57.6 Å². The molecule has 1 unspecified atom stereocenters. The molecule has 0 fully saturated rings. The molecule has 6 nitrogen and oxygen atoms in total. The molecular formula is C21H28N2O4S. The molecule has 2 aromatic carbocycles. The molecule has 0 radical (unpaired) electrons. The van der Waals surface area contributed by atoms with Crippen molar-refractivity contribution in [3.63, 3.8) is 0 Å². The van der Waals surface area contributed by atoms with Gasteiger partial charge >= 0.3 is 0 Å². The van der Waals surface area contributed by atoms with Gasteiger partial charge in [-0.1, -0.05) is 26.0 Å². The summed E-state index contributed by atoms with van der Waals surface area (Å²) < 4.78 is 32.6. The van der Waals surface area contributed by atoms with E-state index in [0.29, 0.717) is 17.4 Å². The van der Waals surface area contributed by atoms with Crippen molar-refractivity contribution in [1.82, 2.24) is 4.72 Å². The molecule has 2 N–H and O–H groups in total. The number of hydrogen-bond acceptors (Lipinski definition) is 4. The molecule has 2 rings (SSSR count). The first kappa shape index (κ1) is 21.9. The molecule has 2 aromatic rings. The molecule has 0 aliphatic rings. The summed E-state index contributed by atoms with van der Waals surface area (Å²) in [4.78, 5) is 12.5. The van der Waals surface area contributed by atoms with Crippen molar-refractivity contribution >= 4 is 21.6 Å². The Morgan fingerprint density at radius 2 is 1.61 bits per heavy atom. The molecule has 1 amide bonds. The van der Waals surface area contributed by atoms with Gasteiger partial charge in [0.05, 0.1) is 4.90 Å². The topological polar surface area (TPSA) is 84.5 Å². The number of nitrogens with one attached hydrogen (secondary N) is 2. The summed E-state index contributed by atoms with van der Waals surface area (Å²) in [6.07, 6.45) is -0.701. The molecule has 0 heterocycles. The highest BCUT2D eigenvalue weighted by Gasteiger charge is 2.17. The van der Waals surface area contributed by atoms with E-state index in [1.54, 1.807) is 32.9 Å². The minimum absolute atomic E-state index is 0.147. The van der Waals surface area contributed by atoms with E-state index in [1.165, 1.54) is 12.1 Å². The number of rotatable bonds is 8. The van der Waals surface area contributed by atoms with Gasteiger partial charge in [-0.25, -0.2) is 13.1 Å². The molecule has 7 heteroatoms. The van der Waals surface area contributed by atoms with E-state index in [0.717, 1.165) is 5.56 Å². The zero-order valence-corrected chi connectivity index (χ0v) is 17.7. The Labute approximate surface area is 167 Å². The van der Waals surface area contributed by atoms with E-state index in [-0.39, 0.29) is 16.8 Å². The first-order valence-corrected chi connectivity index (χ1v) is 10.8. The fourth-order valence-corrected chi connectivity index (χ4v) is 3.80. The van der Waals surface area contributed by atoms with Crippen molar-refractivity contribution in [3.8, 4) is 5.75 Å². The summed E-state index contributed by atoms with van der Waals surface area (Å²) in [5.41, 5.74) is 1.64. The lowest BCUT2D eigenvalue weighted by Gasteiger charge is -2.16. The summed E-state index contributed by atoms with van der Waals surface area (Å²) >= 11 is 0. The van der Waals surface area contributed by atoms with Gasteiger partial charge in [-0.15, -0.1) is 0 Å². The number of benzene rings is 2. The maximum atomic E-state index is 12.4. The molecule has 0 bridgehead atoms. The molecule has 0 saturated heterocycles. The lowest BCUT2D eigenvalue weighted by atomic mass is 10.0. The Hall–Kier alpha value is -2.38. The number of carbonyl (C=O) groups is 1. The second kappa shape index (κ2) is 9.21. The van der Waals surface area contributed by atoms with E-state index in [4.69, 9.17) is 4.74 Å². The largest absolute Gasteiger partial charge is 0.481 e. The molecule has 0 aliphatic carbocycles. The van der Waals surface area contributed by atoms with Gasteiger partial charge in [-0.05, 0) is 68.7 Å². The zero-order chi connectivity index (χ0) is 20.9. The Morgan fingerprint density at radius 3 is 2.18 bits per heavy atom. The van der Waals surface area contributed by atoms with Crippen LogP contribution in [0.1, 0.15) is 46.1 Å². The average molecular weight is 405 g/mol. The predicted octanol–water partition coefficient (Wildman–Crippen LogP) is 3.90. The van der Waals surface area contributed by atoms with Crippen molar-refractivity contribution in [1.29, 1.82) is 0 Å². The average Bonchev–Trinajstić information content (AvgIpc) is 2.61. The molecular weight excluding hydrogens is 376 g/mol. The molecule has 28 heavy (non-hydrogen) atoms. The number of anilines is 1. The second-order valence-electron chi connectivity index (χ2n) is 7.28. The maximum Gasteiger partial charge on any atom is 0.265 e. The molecule has 0 aromatic heterocycles. The Bertz CT molecular complexity index is 906. The summed E-state index contributed by atoms with van der Waals surface area (Å²) in [5, 5.41) is 2.74. The molecule has 1 atom stereocenters. The van der Waals surface area contributed by atoms with Gasteiger partial charge in [0.25, 0.3) is 5.91 Å². The van der Waals surface area contributed by atoms with Crippen molar-refractivity contribution < 1.29 is 17.9 Å². The lowest BCUT2D eigenvalue weighted by Crippen LogP contribution is -2.31. The third kappa shape index (κ3) is 6.07. The summed E-state index contributed by atoms with van der Waals surface area (Å²) in [6, 6.07) is 13.5. The van der Waals surface area contributed by atoms with Gasteiger partial charge in [0, 0.05) is 11.7 Å². The fourth-order valence-electron chi connectivity index (χ4n) is 2.54. The quantitative estimate of drug-likeness (QED) is 0.699. The standard InChI is InChI=1S/C21H28N2O4S/c1-14(2)17-7-6-8-19(13-17)27-16(5)21(24)22-18-9-11-20(12-10-18)28(25,26)23-15(3)4/h6-16,23H,1-5H3,(H,22,24). The van der Waals surface area contributed by atoms with Crippen LogP contribution in [0, 0.1) is 0 Å². The van der Waals surface area contributed by atoms with Crippen molar-refractivity contribution in [2.75, 3.05) is 5.32 Å². The highest BCUT2D eigenvalue weighted by molar-refractivity contribution is 7.89. The number of hydrogen-bond donors (Lipinski definition) is 2. The van der Waals surface area contributed by atoms with E-state index in [9.17, 15) is 13.2 Å². The van der Waals surface area contributed by atoms with Crippen LogP contribution in [0.5, 0.6) is 5.75 Å². The van der Waals surface area contributed by atoms with Gasteiger partial charge in [0.2, 0.25) is 10.0 Å². The third-order valence-electron chi connectivity index (χ3n) is 4.03. The first-order valence-electron chi connectivity index (χ1n) is 9.28. The first-order chi connectivity index (χ1) is 13.1. The third-order valence-corrected chi connectivity index (χ3v) is 5.70. The van der Waals surface area contributed by atoms with E-state index in [2.05, 4.69) is 23.9 Å². The predicted molar refractivity (Wildman–Crippen MR) is 111 cm³/mol. The van der Waals surface area contributed by atoms with E-state index < -0.39 is 16.1 Å². The molecule has 0 spiro atoms. The van der Waals surface area contributed by atoms with Gasteiger partial charge in [0.1, 0.15) is 5.75 Å². The summed E-state index contributed by atoms with van der Waals surface area (Å²) in [5.74, 6) is 0.688. The normalized spacial score (nSPS) is 12.8. The van der Waals surface area contributed by atoms with Gasteiger partial charge in [0.15, 0.2) is 6.10 Å². The van der Waals surface area contributed by atoms with Crippen LogP contribution in [-0.4, -0.2) is 26.5 Å². The van der Waals surface area contributed by atoms with E-state index in [1.807, 2.05) is 24.3 Å². The van der Waals surface area contributed by atoms with Gasteiger partial charge in [-0.3, -0.25) is 4.79 Å². The SMILES string of the molecule is CC(C)NS(=O)(=O)c1ccc(NC(=O)C(C)Oc2cccc(C(C)C)c2)cc1.